The maximum Gasteiger partial charge on any atom is 0.294 e. The lowest BCUT2D eigenvalue weighted by atomic mass is 10.0. The molecule has 0 unspecified atom stereocenters. The van der Waals surface area contributed by atoms with Gasteiger partial charge in [0.25, 0.3) is 10.1 Å². The van der Waals surface area contributed by atoms with Crippen LogP contribution in [0.3, 0.4) is 0 Å². The topological polar surface area (TPSA) is 75.6 Å². The van der Waals surface area contributed by atoms with E-state index >= 15 is 0 Å². The van der Waals surface area contributed by atoms with Gasteiger partial charge in [0.05, 0.1) is 18.1 Å². The first-order valence-electron chi connectivity index (χ1n) is 6.28. The highest BCUT2D eigenvalue weighted by molar-refractivity contribution is 7.85. The molecular formula is C13H21NO4S. The van der Waals surface area contributed by atoms with Gasteiger partial charge >= 0.3 is 0 Å². The van der Waals surface area contributed by atoms with Gasteiger partial charge in [0, 0.05) is 13.1 Å². The largest absolute Gasteiger partial charge is 0.379 e. The van der Waals surface area contributed by atoms with Crippen LogP contribution >= 0.6 is 0 Å². The van der Waals surface area contributed by atoms with E-state index in [1.54, 1.807) is 18.2 Å². The molecule has 0 atom stereocenters. The number of benzene rings is 1. The van der Waals surface area contributed by atoms with Crippen molar-refractivity contribution in [1.82, 2.24) is 5.32 Å². The number of hydrogen-bond acceptors (Lipinski definition) is 4. The summed E-state index contributed by atoms with van der Waals surface area (Å²) >= 11 is 0. The van der Waals surface area contributed by atoms with Crippen molar-refractivity contribution in [3.63, 3.8) is 0 Å². The van der Waals surface area contributed by atoms with Crippen molar-refractivity contribution in [2.45, 2.75) is 24.7 Å². The van der Waals surface area contributed by atoms with Gasteiger partial charge in [-0.2, -0.15) is 8.42 Å². The third kappa shape index (κ3) is 5.69. The molecule has 1 saturated heterocycles. The van der Waals surface area contributed by atoms with E-state index in [-0.39, 0.29) is 10.8 Å². The van der Waals surface area contributed by atoms with Crippen LogP contribution in [0.2, 0.25) is 0 Å². The second-order valence-electron chi connectivity index (χ2n) is 4.53. The van der Waals surface area contributed by atoms with E-state index in [0.717, 1.165) is 26.3 Å². The van der Waals surface area contributed by atoms with Crippen molar-refractivity contribution >= 4 is 10.1 Å². The second-order valence-corrected chi connectivity index (χ2v) is 5.92. The van der Waals surface area contributed by atoms with Crippen molar-refractivity contribution in [1.29, 1.82) is 0 Å². The summed E-state index contributed by atoms with van der Waals surface area (Å²) in [7, 11) is -4.08. The van der Waals surface area contributed by atoms with Gasteiger partial charge in [0.1, 0.15) is 0 Å². The minimum absolute atomic E-state index is 0.00463. The third-order valence-corrected chi connectivity index (χ3v) is 3.59. The maximum absolute atomic E-state index is 10.9. The summed E-state index contributed by atoms with van der Waals surface area (Å²) < 4.78 is 35.7. The van der Waals surface area contributed by atoms with Crippen LogP contribution in [0.1, 0.15) is 25.3 Å². The Labute approximate surface area is 114 Å². The zero-order valence-corrected chi connectivity index (χ0v) is 12.1. The molecule has 0 spiro atoms. The molecule has 0 aromatic heterocycles. The molecule has 6 heteroatoms. The molecule has 1 aromatic rings. The van der Waals surface area contributed by atoms with Gasteiger partial charge in [-0.05, 0) is 17.5 Å². The fourth-order valence-electron chi connectivity index (χ4n) is 1.71. The van der Waals surface area contributed by atoms with Gasteiger partial charge < -0.3 is 10.1 Å². The smallest absolute Gasteiger partial charge is 0.294 e. The third-order valence-electron chi connectivity index (χ3n) is 2.67. The van der Waals surface area contributed by atoms with Gasteiger partial charge in [0.15, 0.2) is 0 Å². The lowest BCUT2D eigenvalue weighted by Gasteiger charge is -2.10. The van der Waals surface area contributed by atoms with Crippen LogP contribution in [0.25, 0.3) is 0 Å². The van der Waals surface area contributed by atoms with Crippen LogP contribution < -0.4 is 5.32 Å². The zero-order valence-electron chi connectivity index (χ0n) is 11.3. The molecule has 1 fully saturated rings. The normalized spacial score (nSPS) is 15.8. The van der Waals surface area contributed by atoms with Crippen LogP contribution in [0.5, 0.6) is 0 Å². The van der Waals surface area contributed by atoms with Crippen LogP contribution in [0.15, 0.2) is 29.2 Å². The van der Waals surface area contributed by atoms with Crippen LogP contribution in [-0.4, -0.2) is 39.3 Å². The molecule has 1 aliphatic heterocycles. The number of morpholine rings is 1. The lowest BCUT2D eigenvalue weighted by Crippen LogP contribution is -2.30. The summed E-state index contributed by atoms with van der Waals surface area (Å²) in [6.45, 7) is 7.59. The summed E-state index contributed by atoms with van der Waals surface area (Å²) in [5.41, 5.74) is 0.644. The Morgan fingerprint density at radius 2 is 1.79 bits per heavy atom. The van der Waals surface area contributed by atoms with E-state index < -0.39 is 10.1 Å². The molecular weight excluding hydrogens is 266 g/mol. The second kappa shape index (κ2) is 7.59. The van der Waals surface area contributed by atoms with E-state index in [4.69, 9.17) is 9.29 Å². The van der Waals surface area contributed by atoms with Gasteiger partial charge in [-0.3, -0.25) is 4.55 Å². The Kier molecular flexibility index (Phi) is 6.44. The fourth-order valence-corrected chi connectivity index (χ4v) is 2.56. The molecule has 19 heavy (non-hydrogen) atoms. The first-order valence-corrected chi connectivity index (χ1v) is 7.72. The number of hydrogen-bond donors (Lipinski definition) is 2. The Morgan fingerprint density at radius 1 is 1.21 bits per heavy atom. The summed E-state index contributed by atoms with van der Waals surface area (Å²) in [5.74, 6) is 0.0816. The Balaban J connectivity index is 0.000000250. The highest BCUT2D eigenvalue weighted by Crippen LogP contribution is 2.22. The Bertz CT molecular complexity index is 470. The zero-order chi connectivity index (χ0) is 14.3. The van der Waals surface area contributed by atoms with Crippen molar-refractivity contribution in [3.05, 3.63) is 29.8 Å². The molecule has 0 saturated carbocycles. The van der Waals surface area contributed by atoms with E-state index in [2.05, 4.69) is 5.32 Å². The summed E-state index contributed by atoms with van der Waals surface area (Å²) in [5, 5.41) is 3.16. The van der Waals surface area contributed by atoms with Gasteiger partial charge in [0.2, 0.25) is 0 Å². The van der Waals surface area contributed by atoms with E-state index in [1.807, 2.05) is 13.8 Å². The minimum Gasteiger partial charge on any atom is -0.379 e. The highest BCUT2D eigenvalue weighted by Gasteiger charge is 2.15. The van der Waals surface area contributed by atoms with Crippen LogP contribution in [-0.2, 0) is 14.9 Å². The molecule has 5 nitrogen and oxygen atoms in total. The van der Waals surface area contributed by atoms with E-state index in [9.17, 15) is 8.42 Å². The number of nitrogens with one attached hydrogen (secondary N) is 1. The van der Waals surface area contributed by atoms with Gasteiger partial charge in [-0.1, -0.05) is 32.0 Å². The van der Waals surface area contributed by atoms with Crippen molar-refractivity contribution < 1.29 is 17.7 Å². The fraction of sp³-hybridized carbons (Fsp3) is 0.538. The SMILES string of the molecule is C1COCCN1.CC(C)c1ccccc1S(=O)(=O)O. The molecule has 1 aliphatic rings. The number of ether oxygens (including phenoxy) is 1. The summed E-state index contributed by atoms with van der Waals surface area (Å²) in [6, 6.07) is 6.46. The molecule has 1 heterocycles. The van der Waals surface area contributed by atoms with Crippen LogP contribution in [0.4, 0.5) is 0 Å². The lowest BCUT2D eigenvalue weighted by molar-refractivity contribution is 0.109. The van der Waals surface area contributed by atoms with Crippen molar-refractivity contribution in [2.75, 3.05) is 26.3 Å². The molecule has 0 radical (unpaired) electrons. The molecule has 0 aliphatic carbocycles. The molecule has 108 valence electrons. The van der Waals surface area contributed by atoms with Crippen LogP contribution in [0, 0.1) is 0 Å². The Morgan fingerprint density at radius 3 is 2.11 bits per heavy atom. The average Bonchev–Trinajstić information content (AvgIpc) is 2.40. The predicted octanol–water partition coefficient (Wildman–Crippen LogP) is 1.66. The molecule has 2 N–H and O–H groups in total. The quantitative estimate of drug-likeness (QED) is 0.809. The first kappa shape index (κ1) is 16.1. The molecule has 0 bridgehead atoms. The van der Waals surface area contributed by atoms with Crippen molar-refractivity contribution in [2.24, 2.45) is 0 Å². The van der Waals surface area contributed by atoms with E-state index in [0.29, 0.717) is 5.56 Å². The highest BCUT2D eigenvalue weighted by atomic mass is 32.2. The maximum atomic E-state index is 10.9. The molecule has 2 rings (SSSR count). The van der Waals surface area contributed by atoms with Gasteiger partial charge in [-0.25, -0.2) is 0 Å². The average molecular weight is 287 g/mol. The standard InChI is InChI=1S/C9H12O3S.C4H9NO/c1-7(2)8-5-3-4-6-9(8)13(10,11)12;1-3-6-4-2-5-1/h3-7H,1-2H3,(H,10,11,12);5H,1-4H2. The summed E-state index contributed by atoms with van der Waals surface area (Å²) in [4.78, 5) is 0.00463. The van der Waals surface area contributed by atoms with E-state index in [1.165, 1.54) is 6.07 Å². The minimum atomic E-state index is -4.08. The van der Waals surface area contributed by atoms with Crippen molar-refractivity contribution in [3.8, 4) is 0 Å². The Hall–Kier alpha value is -0.950. The predicted molar refractivity (Wildman–Crippen MR) is 74.0 cm³/mol. The molecule has 1 aromatic carbocycles. The van der Waals surface area contributed by atoms with Gasteiger partial charge in [-0.15, -0.1) is 0 Å². The summed E-state index contributed by atoms with van der Waals surface area (Å²) in [6.07, 6.45) is 0. The first-order chi connectivity index (χ1) is 8.93. The monoisotopic (exact) mass is 287 g/mol. The number of rotatable bonds is 2. The molecule has 0 amide bonds.